The molecular formula is C23H26Cl3NO2. The van der Waals surface area contributed by atoms with Crippen molar-refractivity contribution in [2.75, 3.05) is 19.8 Å². The highest BCUT2D eigenvalue weighted by Crippen LogP contribution is 2.30. The molecule has 29 heavy (non-hydrogen) atoms. The summed E-state index contributed by atoms with van der Waals surface area (Å²) in [5.74, 6) is 0.863. The molecule has 3 aromatic carbocycles. The average Bonchev–Trinajstić information content (AvgIpc) is 2.70. The van der Waals surface area contributed by atoms with Crippen molar-refractivity contribution in [2.45, 2.75) is 26.5 Å². The van der Waals surface area contributed by atoms with Crippen molar-refractivity contribution in [2.24, 2.45) is 0 Å². The van der Waals surface area contributed by atoms with E-state index < -0.39 is 0 Å². The molecule has 3 aromatic rings. The molecule has 3 nitrogen and oxygen atoms in total. The number of ether oxygens (including phenoxy) is 2. The Hall–Kier alpha value is -1.49. The molecule has 0 saturated carbocycles. The third-order valence-corrected chi connectivity index (χ3v) is 5.13. The minimum Gasteiger partial charge on any atom is -0.488 e. The van der Waals surface area contributed by atoms with E-state index in [2.05, 4.69) is 35.6 Å². The standard InChI is InChI=1S/C23H25Cl2NO2.ClH/c1-2-27-13-5-12-26-15-21-20-7-4-3-6-17(20)9-11-23(21)28-16-18-8-10-19(24)14-22(18)25;/h3-4,6-11,14,26H,2,5,12-13,15-16H2,1H3;1H. The minimum atomic E-state index is 0. The molecule has 0 radical (unpaired) electrons. The molecule has 156 valence electrons. The monoisotopic (exact) mass is 453 g/mol. The van der Waals surface area contributed by atoms with Crippen molar-refractivity contribution >= 4 is 46.4 Å². The summed E-state index contributed by atoms with van der Waals surface area (Å²) < 4.78 is 11.6. The predicted molar refractivity (Wildman–Crippen MR) is 125 cm³/mol. The maximum absolute atomic E-state index is 6.29. The van der Waals surface area contributed by atoms with Crippen molar-refractivity contribution in [1.82, 2.24) is 5.32 Å². The lowest BCUT2D eigenvalue weighted by atomic mass is 10.0. The zero-order valence-corrected chi connectivity index (χ0v) is 18.7. The number of benzene rings is 3. The van der Waals surface area contributed by atoms with Crippen molar-refractivity contribution in [3.63, 3.8) is 0 Å². The average molecular weight is 455 g/mol. The lowest BCUT2D eigenvalue weighted by Crippen LogP contribution is -2.17. The molecule has 3 rings (SSSR count). The molecule has 0 amide bonds. The lowest BCUT2D eigenvalue weighted by molar-refractivity contribution is 0.144. The molecule has 0 aliphatic heterocycles. The van der Waals surface area contributed by atoms with Crippen LogP contribution in [0.25, 0.3) is 10.8 Å². The van der Waals surface area contributed by atoms with Gasteiger partial charge in [-0.25, -0.2) is 0 Å². The van der Waals surface area contributed by atoms with Crippen LogP contribution < -0.4 is 10.1 Å². The molecule has 0 bridgehead atoms. The van der Waals surface area contributed by atoms with Crippen LogP contribution in [0.15, 0.2) is 54.6 Å². The summed E-state index contributed by atoms with van der Waals surface area (Å²) in [7, 11) is 0. The van der Waals surface area contributed by atoms with Crippen molar-refractivity contribution in [3.05, 3.63) is 75.8 Å². The van der Waals surface area contributed by atoms with E-state index in [1.807, 2.05) is 25.1 Å². The van der Waals surface area contributed by atoms with Gasteiger partial charge in [0.1, 0.15) is 12.4 Å². The summed E-state index contributed by atoms with van der Waals surface area (Å²) in [6.07, 6.45) is 0.981. The molecule has 0 fully saturated rings. The first-order valence-corrected chi connectivity index (χ1v) is 10.3. The number of fused-ring (bicyclic) bond motifs is 1. The number of halogens is 3. The van der Waals surface area contributed by atoms with E-state index in [4.69, 9.17) is 32.7 Å². The summed E-state index contributed by atoms with van der Waals surface area (Å²) in [4.78, 5) is 0. The second kappa shape index (κ2) is 12.3. The van der Waals surface area contributed by atoms with E-state index in [0.29, 0.717) is 16.7 Å². The van der Waals surface area contributed by atoms with Crippen LogP contribution in [0.5, 0.6) is 5.75 Å². The van der Waals surface area contributed by atoms with E-state index in [0.717, 1.165) is 49.6 Å². The molecule has 0 spiro atoms. The zero-order valence-electron chi connectivity index (χ0n) is 16.4. The molecule has 0 atom stereocenters. The third kappa shape index (κ3) is 6.77. The van der Waals surface area contributed by atoms with Gasteiger partial charge in [-0.05, 0) is 48.9 Å². The van der Waals surface area contributed by atoms with Gasteiger partial charge in [0, 0.05) is 40.9 Å². The van der Waals surface area contributed by atoms with Crippen LogP contribution in [0, 0.1) is 0 Å². The topological polar surface area (TPSA) is 30.5 Å². The van der Waals surface area contributed by atoms with E-state index >= 15 is 0 Å². The fraction of sp³-hybridized carbons (Fsp3) is 0.304. The highest BCUT2D eigenvalue weighted by molar-refractivity contribution is 6.35. The third-order valence-electron chi connectivity index (χ3n) is 4.54. The largest absolute Gasteiger partial charge is 0.488 e. The van der Waals surface area contributed by atoms with Crippen molar-refractivity contribution in [1.29, 1.82) is 0 Å². The van der Waals surface area contributed by atoms with E-state index in [-0.39, 0.29) is 12.4 Å². The van der Waals surface area contributed by atoms with Gasteiger partial charge < -0.3 is 14.8 Å². The molecule has 0 saturated heterocycles. The Morgan fingerprint density at radius 2 is 1.83 bits per heavy atom. The first-order valence-electron chi connectivity index (χ1n) is 9.55. The quantitative estimate of drug-likeness (QED) is 0.347. The Balaban J connectivity index is 0.00000300. The maximum atomic E-state index is 6.29. The number of rotatable bonds is 10. The molecule has 0 aliphatic rings. The Kier molecular flexibility index (Phi) is 10.1. The van der Waals surface area contributed by atoms with Gasteiger partial charge in [0.15, 0.2) is 0 Å². The van der Waals surface area contributed by atoms with Crippen LogP contribution in [0.4, 0.5) is 0 Å². The number of nitrogens with one attached hydrogen (secondary N) is 1. The van der Waals surface area contributed by atoms with E-state index in [9.17, 15) is 0 Å². The Labute approximate surface area is 188 Å². The van der Waals surface area contributed by atoms with Crippen molar-refractivity contribution in [3.8, 4) is 5.75 Å². The lowest BCUT2D eigenvalue weighted by Gasteiger charge is -2.16. The van der Waals surface area contributed by atoms with Gasteiger partial charge in [-0.3, -0.25) is 0 Å². The van der Waals surface area contributed by atoms with Crippen LogP contribution in [0.3, 0.4) is 0 Å². The fourth-order valence-corrected chi connectivity index (χ4v) is 3.55. The van der Waals surface area contributed by atoms with Crippen LogP contribution in [-0.2, 0) is 17.9 Å². The summed E-state index contributed by atoms with van der Waals surface area (Å²) in [5.41, 5.74) is 2.06. The molecule has 0 unspecified atom stereocenters. The van der Waals surface area contributed by atoms with Crippen molar-refractivity contribution < 1.29 is 9.47 Å². The highest BCUT2D eigenvalue weighted by atomic mass is 35.5. The maximum Gasteiger partial charge on any atom is 0.124 e. The molecule has 0 aromatic heterocycles. The summed E-state index contributed by atoms with van der Waals surface area (Å²) in [5, 5.41) is 7.14. The van der Waals surface area contributed by atoms with Gasteiger partial charge in [0.25, 0.3) is 0 Å². The molecule has 6 heteroatoms. The number of hydrogen-bond donors (Lipinski definition) is 1. The molecule has 1 N–H and O–H groups in total. The summed E-state index contributed by atoms with van der Waals surface area (Å²) >= 11 is 12.3. The van der Waals surface area contributed by atoms with E-state index in [1.54, 1.807) is 6.07 Å². The summed E-state index contributed by atoms with van der Waals surface area (Å²) in [6, 6.07) is 17.9. The van der Waals surface area contributed by atoms with Crippen LogP contribution >= 0.6 is 35.6 Å². The minimum absolute atomic E-state index is 0. The van der Waals surface area contributed by atoms with E-state index in [1.165, 1.54) is 10.8 Å². The first-order chi connectivity index (χ1) is 13.7. The zero-order chi connectivity index (χ0) is 19.8. The molecule has 0 aliphatic carbocycles. The van der Waals surface area contributed by atoms with Gasteiger partial charge in [-0.15, -0.1) is 12.4 Å². The second-order valence-corrected chi connectivity index (χ2v) is 7.36. The van der Waals surface area contributed by atoms with Crippen LogP contribution in [0.2, 0.25) is 10.0 Å². The molecular weight excluding hydrogens is 429 g/mol. The summed E-state index contributed by atoms with van der Waals surface area (Å²) in [6.45, 7) is 5.57. The van der Waals surface area contributed by atoms with Gasteiger partial charge >= 0.3 is 0 Å². The van der Waals surface area contributed by atoms with Gasteiger partial charge in [0.2, 0.25) is 0 Å². The van der Waals surface area contributed by atoms with Gasteiger partial charge in [-0.1, -0.05) is 59.6 Å². The first kappa shape index (κ1) is 23.8. The normalized spacial score (nSPS) is 10.7. The van der Waals surface area contributed by atoms with Crippen LogP contribution in [-0.4, -0.2) is 19.8 Å². The second-order valence-electron chi connectivity index (χ2n) is 6.52. The Bertz CT molecular complexity index is 918. The fourth-order valence-electron chi connectivity index (χ4n) is 3.08. The molecule has 0 heterocycles. The number of hydrogen-bond acceptors (Lipinski definition) is 3. The highest BCUT2D eigenvalue weighted by Gasteiger charge is 2.10. The Morgan fingerprint density at radius 3 is 2.62 bits per heavy atom. The van der Waals surface area contributed by atoms with Gasteiger partial charge in [-0.2, -0.15) is 0 Å². The van der Waals surface area contributed by atoms with Gasteiger partial charge in [0.05, 0.1) is 0 Å². The SMILES string of the molecule is CCOCCCNCc1c(OCc2ccc(Cl)cc2Cl)ccc2ccccc12.Cl. The smallest absolute Gasteiger partial charge is 0.124 e. The predicted octanol–water partition coefficient (Wildman–Crippen LogP) is 6.66. The van der Waals surface area contributed by atoms with Crippen LogP contribution in [0.1, 0.15) is 24.5 Å². The Morgan fingerprint density at radius 1 is 1.00 bits per heavy atom.